The first-order valence-corrected chi connectivity index (χ1v) is 15.8. The Bertz CT molecular complexity index is 1440. The minimum atomic E-state index is -4.12. The van der Waals surface area contributed by atoms with Crippen molar-refractivity contribution in [1.29, 1.82) is 0 Å². The number of anilines is 1. The number of halogens is 2. The lowest BCUT2D eigenvalue weighted by Crippen LogP contribution is -2.52. The first-order chi connectivity index (χ1) is 19.0. The van der Waals surface area contributed by atoms with Gasteiger partial charge in [-0.25, -0.2) is 8.42 Å². The molecular formula is C30H33BrClN3O4S. The number of hydrogen-bond donors (Lipinski definition) is 1. The molecule has 4 rings (SSSR count). The van der Waals surface area contributed by atoms with Gasteiger partial charge in [0.1, 0.15) is 12.6 Å². The van der Waals surface area contributed by atoms with Crippen molar-refractivity contribution in [2.45, 2.75) is 63.1 Å². The summed E-state index contributed by atoms with van der Waals surface area (Å²) in [4.78, 5) is 28.8. The summed E-state index contributed by atoms with van der Waals surface area (Å²) in [6.45, 7) is 3.19. The van der Waals surface area contributed by atoms with E-state index in [4.69, 9.17) is 11.6 Å². The quantitative estimate of drug-likeness (QED) is 0.289. The Labute approximate surface area is 249 Å². The molecule has 0 saturated heterocycles. The fourth-order valence-corrected chi connectivity index (χ4v) is 6.77. The molecule has 1 unspecified atom stereocenters. The van der Waals surface area contributed by atoms with Crippen LogP contribution in [0.2, 0.25) is 5.02 Å². The van der Waals surface area contributed by atoms with Crippen LogP contribution >= 0.6 is 27.5 Å². The van der Waals surface area contributed by atoms with Crippen LogP contribution in [0.4, 0.5) is 5.69 Å². The van der Waals surface area contributed by atoms with Crippen LogP contribution in [-0.2, 0) is 26.2 Å². The summed E-state index contributed by atoms with van der Waals surface area (Å²) < 4.78 is 29.6. The Morgan fingerprint density at radius 3 is 2.30 bits per heavy atom. The fraction of sp³-hybridized carbons (Fsp3) is 0.333. The maximum Gasteiger partial charge on any atom is 0.264 e. The molecule has 1 atom stereocenters. The van der Waals surface area contributed by atoms with E-state index < -0.39 is 28.5 Å². The number of nitrogens with zero attached hydrogens (tertiary/aromatic N) is 2. The molecule has 0 bridgehead atoms. The highest BCUT2D eigenvalue weighted by atomic mass is 79.9. The zero-order valence-corrected chi connectivity index (χ0v) is 25.7. The van der Waals surface area contributed by atoms with Gasteiger partial charge in [-0.15, -0.1) is 0 Å². The molecule has 1 saturated carbocycles. The third kappa shape index (κ3) is 7.44. The average Bonchev–Trinajstić information content (AvgIpc) is 3.44. The maximum atomic E-state index is 14.0. The largest absolute Gasteiger partial charge is 0.352 e. The molecule has 0 radical (unpaired) electrons. The zero-order chi connectivity index (χ0) is 28.9. The predicted molar refractivity (Wildman–Crippen MR) is 162 cm³/mol. The van der Waals surface area contributed by atoms with E-state index in [1.165, 1.54) is 17.0 Å². The van der Waals surface area contributed by atoms with Gasteiger partial charge in [-0.2, -0.15) is 0 Å². The van der Waals surface area contributed by atoms with E-state index in [-0.39, 0.29) is 23.4 Å². The monoisotopic (exact) mass is 645 g/mol. The molecule has 0 aromatic heterocycles. The van der Waals surface area contributed by atoms with Crippen LogP contribution < -0.4 is 9.62 Å². The molecule has 0 spiro atoms. The molecule has 7 nitrogen and oxygen atoms in total. The number of carbonyl (C=O) groups is 2. The van der Waals surface area contributed by atoms with Crippen molar-refractivity contribution in [3.8, 4) is 0 Å². The second-order valence-corrected chi connectivity index (χ2v) is 13.3. The van der Waals surface area contributed by atoms with Gasteiger partial charge < -0.3 is 10.2 Å². The summed E-state index contributed by atoms with van der Waals surface area (Å²) in [6, 6.07) is 19.5. The lowest BCUT2D eigenvalue weighted by atomic mass is 10.1. The zero-order valence-electron chi connectivity index (χ0n) is 22.5. The van der Waals surface area contributed by atoms with Gasteiger partial charge in [0.2, 0.25) is 11.8 Å². The van der Waals surface area contributed by atoms with Gasteiger partial charge in [0, 0.05) is 22.1 Å². The first-order valence-electron chi connectivity index (χ1n) is 13.2. The molecule has 40 heavy (non-hydrogen) atoms. The van der Waals surface area contributed by atoms with E-state index in [0.29, 0.717) is 10.7 Å². The molecule has 2 amide bonds. The Morgan fingerprint density at radius 1 is 1.02 bits per heavy atom. The van der Waals surface area contributed by atoms with E-state index >= 15 is 0 Å². The van der Waals surface area contributed by atoms with Gasteiger partial charge >= 0.3 is 0 Å². The lowest BCUT2D eigenvalue weighted by Gasteiger charge is -2.32. The number of hydrogen-bond acceptors (Lipinski definition) is 4. The first kappa shape index (κ1) is 30.1. The highest BCUT2D eigenvalue weighted by Crippen LogP contribution is 2.27. The summed E-state index contributed by atoms with van der Waals surface area (Å²) in [7, 11) is -4.12. The number of aryl methyl sites for hydroxylation is 1. The van der Waals surface area contributed by atoms with E-state index in [0.717, 1.165) is 45.6 Å². The normalized spacial score (nSPS) is 14.5. The Morgan fingerprint density at radius 2 is 1.68 bits per heavy atom. The molecule has 1 fully saturated rings. The molecule has 212 valence electrons. The second kappa shape index (κ2) is 13.2. The Balaban J connectivity index is 1.68. The van der Waals surface area contributed by atoms with Gasteiger partial charge in [-0.1, -0.05) is 70.2 Å². The lowest BCUT2D eigenvalue weighted by molar-refractivity contribution is -0.139. The van der Waals surface area contributed by atoms with E-state index in [9.17, 15) is 18.0 Å². The van der Waals surface area contributed by atoms with Crippen LogP contribution in [0.1, 0.15) is 43.7 Å². The molecule has 0 heterocycles. The second-order valence-electron chi connectivity index (χ2n) is 10.1. The summed E-state index contributed by atoms with van der Waals surface area (Å²) >= 11 is 9.55. The van der Waals surface area contributed by atoms with Crippen molar-refractivity contribution in [1.82, 2.24) is 10.2 Å². The topological polar surface area (TPSA) is 86.8 Å². The number of rotatable bonds is 10. The van der Waals surface area contributed by atoms with E-state index in [1.54, 1.807) is 43.3 Å². The summed E-state index contributed by atoms with van der Waals surface area (Å²) in [6.07, 6.45) is 3.95. The smallest absolute Gasteiger partial charge is 0.264 e. The minimum Gasteiger partial charge on any atom is -0.352 e. The number of nitrogens with one attached hydrogen (secondary N) is 1. The van der Waals surface area contributed by atoms with Gasteiger partial charge in [-0.05, 0) is 80.8 Å². The maximum absolute atomic E-state index is 14.0. The summed E-state index contributed by atoms with van der Waals surface area (Å²) in [5, 5.41) is 3.52. The van der Waals surface area contributed by atoms with Crippen molar-refractivity contribution in [2.24, 2.45) is 0 Å². The van der Waals surface area contributed by atoms with Crippen molar-refractivity contribution >= 4 is 55.1 Å². The van der Waals surface area contributed by atoms with E-state index in [1.807, 2.05) is 31.2 Å². The number of benzene rings is 3. The van der Waals surface area contributed by atoms with Crippen molar-refractivity contribution in [2.75, 3.05) is 10.8 Å². The summed E-state index contributed by atoms with van der Waals surface area (Å²) in [5.41, 5.74) is 2.02. The van der Waals surface area contributed by atoms with Crippen molar-refractivity contribution < 1.29 is 18.0 Å². The van der Waals surface area contributed by atoms with Gasteiger partial charge in [0.25, 0.3) is 10.0 Å². The highest BCUT2D eigenvalue weighted by Gasteiger charge is 2.33. The molecule has 1 N–H and O–H groups in total. The van der Waals surface area contributed by atoms with Crippen molar-refractivity contribution in [3.63, 3.8) is 0 Å². The molecular weight excluding hydrogens is 614 g/mol. The van der Waals surface area contributed by atoms with Crippen LogP contribution in [0.3, 0.4) is 0 Å². The fourth-order valence-electron chi connectivity index (χ4n) is 4.78. The summed E-state index contributed by atoms with van der Waals surface area (Å²) in [5.74, 6) is -0.755. The third-order valence-corrected chi connectivity index (χ3v) is 9.65. The SMILES string of the molecule is Cc1ccc(S(=O)(=O)N(CC(=O)N(Cc2cccc(Br)c2)C(C)C(=O)NC2CCCC2)c2ccc(Cl)cc2)cc1. The van der Waals surface area contributed by atoms with Gasteiger partial charge in [0.15, 0.2) is 0 Å². The molecule has 10 heteroatoms. The minimum absolute atomic E-state index is 0.0615. The standard InChI is InChI=1S/C30H33BrClN3O4S/c1-21-10-16-28(17-11-21)40(38,39)35(27-14-12-25(32)13-15-27)20-29(36)34(19-23-6-5-7-24(31)18-23)22(2)30(37)33-26-8-3-4-9-26/h5-7,10-18,22,26H,3-4,8-9,19-20H2,1-2H3,(H,33,37). The number of sulfonamides is 1. The van der Waals surface area contributed by atoms with Gasteiger partial charge in [-0.3, -0.25) is 13.9 Å². The Hall–Kier alpha value is -2.88. The molecule has 3 aromatic rings. The van der Waals surface area contributed by atoms with E-state index in [2.05, 4.69) is 21.2 Å². The highest BCUT2D eigenvalue weighted by molar-refractivity contribution is 9.10. The molecule has 3 aromatic carbocycles. The van der Waals surface area contributed by atoms with Crippen LogP contribution in [0, 0.1) is 6.92 Å². The predicted octanol–water partition coefficient (Wildman–Crippen LogP) is 6.08. The van der Waals surface area contributed by atoms with Crippen LogP contribution in [0.5, 0.6) is 0 Å². The molecule has 1 aliphatic carbocycles. The van der Waals surface area contributed by atoms with Crippen LogP contribution in [-0.4, -0.2) is 43.8 Å². The average molecular weight is 647 g/mol. The number of amides is 2. The Kier molecular flexibility index (Phi) is 9.92. The molecule has 0 aliphatic heterocycles. The van der Waals surface area contributed by atoms with Crippen LogP contribution in [0.15, 0.2) is 82.2 Å². The third-order valence-electron chi connectivity index (χ3n) is 7.11. The number of carbonyl (C=O) groups excluding carboxylic acids is 2. The molecule has 1 aliphatic rings. The van der Waals surface area contributed by atoms with Crippen molar-refractivity contribution in [3.05, 3.63) is 93.4 Å². The van der Waals surface area contributed by atoms with Crippen LogP contribution in [0.25, 0.3) is 0 Å². The van der Waals surface area contributed by atoms with Gasteiger partial charge in [0.05, 0.1) is 10.6 Å².